The van der Waals surface area contributed by atoms with Crippen molar-refractivity contribution >= 4 is 5.91 Å². The quantitative estimate of drug-likeness (QED) is 0.440. The SMILES string of the molecule is CC.Cc1cc(CC2CCN(Cc3ccc(F)cc3)CC2)cc2c1C(=O)N(CC1CCCCC1)C2. The third kappa shape index (κ3) is 6.52. The van der Waals surface area contributed by atoms with Crippen LogP contribution in [-0.2, 0) is 19.5 Å². The Kier molecular flexibility index (Phi) is 8.99. The van der Waals surface area contributed by atoms with Crippen LogP contribution in [0, 0.1) is 24.6 Å². The van der Waals surface area contributed by atoms with E-state index in [4.69, 9.17) is 0 Å². The average molecular weight is 479 g/mol. The number of hydrogen-bond acceptors (Lipinski definition) is 2. The molecule has 1 saturated heterocycles. The predicted molar refractivity (Wildman–Crippen MR) is 142 cm³/mol. The molecule has 1 saturated carbocycles. The maximum absolute atomic E-state index is 13.1. The molecule has 4 heteroatoms. The third-order valence-corrected chi connectivity index (χ3v) is 8.09. The Hall–Kier alpha value is -2.20. The molecule has 0 N–H and O–H groups in total. The summed E-state index contributed by atoms with van der Waals surface area (Å²) in [4.78, 5) is 17.7. The largest absolute Gasteiger partial charge is 0.334 e. The molecule has 3 nitrogen and oxygen atoms in total. The fourth-order valence-corrected chi connectivity index (χ4v) is 6.28. The Morgan fingerprint density at radius 3 is 2.26 bits per heavy atom. The van der Waals surface area contributed by atoms with Crippen molar-refractivity contribution in [2.75, 3.05) is 19.6 Å². The molecule has 0 aromatic heterocycles. The number of halogens is 1. The standard InChI is InChI=1S/C29H37FN2O.C2H6/c1-21-15-25(16-22-11-13-31(14-12-22)18-24-7-9-27(30)10-8-24)17-26-20-32(29(33)28(21)26)19-23-5-3-2-4-6-23;1-2/h7-10,15,17,22-23H,2-6,11-14,16,18-20H2,1H3;1-2H3. The highest BCUT2D eigenvalue weighted by atomic mass is 19.1. The fraction of sp³-hybridized carbons (Fsp3) is 0.581. The smallest absolute Gasteiger partial charge is 0.254 e. The fourth-order valence-electron chi connectivity index (χ4n) is 6.28. The Bertz CT molecular complexity index is 972. The summed E-state index contributed by atoms with van der Waals surface area (Å²) < 4.78 is 13.1. The van der Waals surface area contributed by atoms with Gasteiger partial charge in [-0.3, -0.25) is 9.69 Å². The van der Waals surface area contributed by atoms with Crippen LogP contribution in [0.3, 0.4) is 0 Å². The van der Waals surface area contributed by atoms with Gasteiger partial charge in [0.2, 0.25) is 0 Å². The van der Waals surface area contributed by atoms with Crippen LogP contribution in [0.5, 0.6) is 0 Å². The highest BCUT2D eigenvalue weighted by molar-refractivity contribution is 5.99. The topological polar surface area (TPSA) is 23.6 Å². The molecule has 190 valence electrons. The van der Waals surface area contributed by atoms with E-state index in [0.29, 0.717) is 11.8 Å². The minimum atomic E-state index is -0.166. The van der Waals surface area contributed by atoms with E-state index in [1.54, 1.807) is 12.1 Å². The second kappa shape index (κ2) is 12.2. The van der Waals surface area contributed by atoms with Crippen molar-refractivity contribution in [2.24, 2.45) is 11.8 Å². The molecule has 1 amide bonds. The van der Waals surface area contributed by atoms with E-state index in [1.807, 2.05) is 26.0 Å². The van der Waals surface area contributed by atoms with Crippen molar-refractivity contribution in [3.8, 4) is 0 Å². The van der Waals surface area contributed by atoms with Gasteiger partial charge in [-0.1, -0.05) is 57.4 Å². The summed E-state index contributed by atoms with van der Waals surface area (Å²) in [5.74, 6) is 1.48. The number of amides is 1. The summed E-state index contributed by atoms with van der Waals surface area (Å²) >= 11 is 0. The van der Waals surface area contributed by atoms with Gasteiger partial charge in [0.15, 0.2) is 0 Å². The first-order chi connectivity index (χ1) is 17.0. The summed E-state index contributed by atoms with van der Waals surface area (Å²) in [5.41, 5.74) is 5.97. The van der Waals surface area contributed by atoms with Gasteiger partial charge in [-0.2, -0.15) is 0 Å². The predicted octanol–water partition coefficient (Wildman–Crippen LogP) is 7.15. The Balaban J connectivity index is 0.00000141. The molecule has 0 radical (unpaired) electrons. The van der Waals surface area contributed by atoms with Crippen molar-refractivity contribution in [1.29, 1.82) is 0 Å². The Morgan fingerprint density at radius 2 is 1.57 bits per heavy atom. The van der Waals surface area contributed by atoms with Crippen LogP contribution in [0.25, 0.3) is 0 Å². The lowest BCUT2D eigenvalue weighted by Crippen LogP contribution is -2.33. The number of nitrogens with zero attached hydrogens (tertiary/aromatic N) is 2. The van der Waals surface area contributed by atoms with E-state index >= 15 is 0 Å². The van der Waals surface area contributed by atoms with E-state index in [0.717, 1.165) is 50.3 Å². The number of carbonyl (C=O) groups excluding carboxylic acids is 1. The van der Waals surface area contributed by atoms with Crippen molar-refractivity contribution < 1.29 is 9.18 Å². The van der Waals surface area contributed by atoms with Gasteiger partial charge in [-0.25, -0.2) is 4.39 Å². The van der Waals surface area contributed by atoms with Gasteiger partial charge in [0, 0.05) is 25.2 Å². The van der Waals surface area contributed by atoms with Crippen molar-refractivity contribution in [3.05, 3.63) is 70.0 Å². The first-order valence-electron chi connectivity index (χ1n) is 13.9. The summed E-state index contributed by atoms with van der Waals surface area (Å²) in [6.07, 6.45) is 10.1. The molecule has 2 aromatic rings. The molecule has 0 atom stereocenters. The zero-order valence-electron chi connectivity index (χ0n) is 22.0. The summed E-state index contributed by atoms with van der Waals surface area (Å²) in [6, 6.07) is 11.5. The van der Waals surface area contributed by atoms with Crippen molar-refractivity contribution in [2.45, 2.75) is 85.2 Å². The minimum absolute atomic E-state index is 0.166. The van der Waals surface area contributed by atoms with Crippen molar-refractivity contribution in [3.63, 3.8) is 0 Å². The number of likely N-dealkylation sites (tertiary alicyclic amines) is 1. The van der Waals surface area contributed by atoms with Crippen molar-refractivity contribution in [1.82, 2.24) is 9.80 Å². The lowest BCUT2D eigenvalue weighted by atomic mass is 9.88. The van der Waals surface area contributed by atoms with Gasteiger partial charge in [-0.15, -0.1) is 0 Å². The lowest BCUT2D eigenvalue weighted by molar-refractivity contribution is 0.0737. The van der Waals surface area contributed by atoms with Gasteiger partial charge in [-0.05, 0) is 98.3 Å². The molecule has 1 aliphatic carbocycles. The van der Waals surface area contributed by atoms with Crippen LogP contribution in [0.1, 0.15) is 91.4 Å². The molecule has 35 heavy (non-hydrogen) atoms. The van der Waals surface area contributed by atoms with Gasteiger partial charge >= 0.3 is 0 Å². The number of hydrogen-bond donors (Lipinski definition) is 0. The van der Waals surface area contributed by atoms with Crippen LogP contribution < -0.4 is 0 Å². The van der Waals surface area contributed by atoms with Gasteiger partial charge in [0.1, 0.15) is 5.82 Å². The van der Waals surface area contributed by atoms with Gasteiger partial charge in [0.25, 0.3) is 5.91 Å². The molecule has 2 heterocycles. The van der Waals surface area contributed by atoms with Crippen LogP contribution in [-0.4, -0.2) is 35.3 Å². The monoisotopic (exact) mass is 478 g/mol. The molecule has 2 aromatic carbocycles. The minimum Gasteiger partial charge on any atom is -0.334 e. The second-order valence-electron chi connectivity index (χ2n) is 10.7. The maximum Gasteiger partial charge on any atom is 0.254 e. The highest BCUT2D eigenvalue weighted by Crippen LogP contribution is 2.32. The number of rotatable bonds is 6. The van der Waals surface area contributed by atoms with Crippen LogP contribution in [0.4, 0.5) is 4.39 Å². The molecule has 0 bridgehead atoms. The molecular weight excluding hydrogens is 435 g/mol. The molecule has 2 fully saturated rings. The van der Waals surface area contributed by atoms with E-state index in [2.05, 4.69) is 28.9 Å². The first-order valence-corrected chi connectivity index (χ1v) is 13.9. The maximum atomic E-state index is 13.1. The highest BCUT2D eigenvalue weighted by Gasteiger charge is 2.31. The molecular formula is C31H43FN2O. The molecule has 0 unspecified atom stereocenters. The molecule has 3 aliphatic rings. The van der Waals surface area contributed by atoms with Crippen LogP contribution in [0.15, 0.2) is 36.4 Å². The van der Waals surface area contributed by atoms with Crippen LogP contribution in [0.2, 0.25) is 0 Å². The zero-order chi connectivity index (χ0) is 24.8. The Morgan fingerprint density at radius 1 is 0.886 bits per heavy atom. The number of fused-ring (bicyclic) bond motifs is 1. The number of aryl methyl sites for hydroxylation is 1. The normalized spacial score (nSPS) is 19.4. The zero-order valence-corrected chi connectivity index (χ0v) is 22.0. The number of piperidine rings is 1. The Labute approximate surface area is 211 Å². The van der Waals surface area contributed by atoms with E-state index in [-0.39, 0.29) is 11.7 Å². The average Bonchev–Trinajstić information content (AvgIpc) is 3.19. The van der Waals surface area contributed by atoms with Crippen LogP contribution >= 0.6 is 0 Å². The van der Waals surface area contributed by atoms with E-state index in [9.17, 15) is 9.18 Å². The van der Waals surface area contributed by atoms with E-state index < -0.39 is 0 Å². The van der Waals surface area contributed by atoms with Gasteiger partial charge in [0.05, 0.1) is 0 Å². The summed E-state index contributed by atoms with van der Waals surface area (Å²) in [6.45, 7) is 11.0. The summed E-state index contributed by atoms with van der Waals surface area (Å²) in [7, 11) is 0. The molecule has 2 aliphatic heterocycles. The third-order valence-electron chi connectivity index (χ3n) is 8.09. The first kappa shape index (κ1) is 25.9. The molecule has 0 spiro atoms. The van der Waals surface area contributed by atoms with E-state index in [1.165, 1.54) is 61.6 Å². The van der Waals surface area contributed by atoms with Gasteiger partial charge < -0.3 is 4.90 Å². The summed E-state index contributed by atoms with van der Waals surface area (Å²) in [5, 5.41) is 0. The molecule has 5 rings (SSSR count). The second-order valence-corrected chi connectivity index (χ2v) is 10.7. The lowest BCUT2D eigenvalue weighted by Gasteiger charge is -2.32. The number of carbonyl (C=O) groups is 1. The number of benzene rings is 2.